The van der Waals surface area contributed by atoms with Gasteiger partial charge in [-0.15, -0.1) is 0 Å². The number of aliphatic hydroxyl groups is 1. The second-order valence-electron chi connectivity index (χ2n) is 9.05. The number of ether oxygens (including phenoxy) is 1. The summed E-state index contributed by atoms with van der Waals surface area (Å²) in [6, 6.07) is 6.89. The van der Waals surface area contributed by atoms with Crippen molar-refractivity contribution < 1.29 is 23.1 Å². The summed E-state index contributed by atoms with van der Waals surface area (Å²) in [6.07, 6.45) is 4.42. The van der Waals surface area contributed by atoms with E-state index in [0.29, 0.717) is 29.7 Å². The van der Waals surface area contributed by atoms with Crippen LogP contribution in [0.4, 0.5) is 5.69 Å². The van der Waals surface area contributed by atoms with Gasteiger partial charge in [0, 0.05) is 31.5 Å². The number of hydrogen-bond acceptors (Lipinski definition) is 9. The molecule has 2 aliphatic rings. The predicted octanol–water partition coefficient (Wildman–Crippen LogP) is 1.55. The van der Waals surface area contributed by atoms with Crippen molar-refractivity contribution in [3.05, 3.63) is 53.0 Å². The smallest absolute Gasteiger partial charge is 0.252 e. The van der Waals surface area contributed by atoms with Crippen molar-refractivity contribution in [2.75, 3.05) is 18.6 Å². The predicted molar refractivity (Wildman–Crippen MR) is 129 cm³/mol. The van der Waals surface area contributed by atoms with Crippen LogP contribution in [0.2, 0.25) is 0 Å². The van der Waals surface area contributed by atoms with Crippen LogP contribution in [0.5, 0.6) is 5.88 Å². The average molecular weight is 498 g/mol. The molecule has 11 heteroatoms. The van der Waals surface area contributed by atoms with E-state index in [1.807, 2.05) is 6.07 Å². The number of amides is 1. The van der Waals surface area contributed by atoms with Crippen molar-refractivity contribution in [2.45, 2.75) is 49.5 Å². The number of sulfone groups is 1. The van der Waals surface area contributed by atoms with E-state index in [2.05, 4.69) is 15.3 Å². The maximum Gasteiger partial charge on any atom is 0.252 e. The fraction of sp³-hybridized carbons (Fsp3) is 0.417. The number of nitrogens with zero attached hydrogens (tertiary/aromatic N) is 4. The summed E-state index contributed by atoms with van der Waals surface area (Å²) in [7, 11) is -1.72. The van der Waals surface area contributed by atoms with Crippen molar-refractivity contribution in [1.82, 2.24) is 15.3 Å². The molecule has 2 N–H and O–H groups in total. The molecule has 1 aliphatic carbocycles. The van der Waals surface area contributed by atoms with Crippen LogP contribution in [0.15, 0.2) is 36.2 Å². The molecule has 0 spiro atoms. The Morgan fingerprint density at radius 2 is 2.09 bits per heavy atom. The Kier molecular flexibility index (Phi) is 6.53. The number of nitrogens with one attached hydrogen (secondary N) is 1. The van der Waals surface area contributed by atoms with E-state index in [1.165, 1.54) is 17.3 Å². The van der Waals surface area contributed by atoms with Crippen LogP contribution in [0, 0.1) is 11.3 Å². The molecule has 2 aromatic rings. The molecule has 1 unspecified atom stereocenters. The number of aliphatic hydroxyl groups excluding tert-OH is 1. The van der Waals surface area contributed by atoms with Gasteiger partial charge in [-0.05, 0) is 50.5 Å². The van der Waals surface area contributed by atoms with Gasteiger partial charge in [0.25, 0.3) is 5.91 Å². The second kappa shape index (κ2) is 9.28. The van der Waals surface area contributed by atoms with E-state index < -0.39 is 32.0 Å². The first-order chi connectivity index (χ1) is 16.6. The molecule has 0 aromatic carbocycles. The molecule has 0 bridgehead atoms. The van der Waals surface area contributed by atoms with E-state index >= 15 is 0 Å². The number of nitriles is 1. The van der Waals surface area contributed by atoms with Crippen LogP contribution in [-0.2, 0) is 21.2 Å². The number of aromatic nitrogens is 2. The van der Waals surface area contributed by atoms with Crippen LogP contribution in [0.3, 0.4) is 0 Å². The molecule has 0 radical (unpaired) electrons. The van der Waals surface area contributed by atoms with Crippen molar-refractivity contribution in [3.8, 4) is 11.9 Å². The zero-order chi connectivity index (χ0) is 25.4. The van der Waals surface area contributed by atoms with Crippen molar-refractivity contribution in [1.29, 1.82) is 5.26 Å². The second-order valence-corrected chi connectivity index (χ2v) is 11.9. The lowest BCUT2D eigenvalue weighted by atomic mass is 10.0. The van der Waals surface area contributed by atoms with Crippen LogP contribution in [0.25, 0.3) is 6.08 Å². The van der Waals surface area contributed by atoms with Gasteiger partial charge >= 0.3 is 0 Å². The fourth-order valence-corrected chi connectivity index (χ4v) is 5.91. The highest BCUT2D eigenvalue weighted by molar-refractivity contribution is 7.93. The van der Waals surface area contributed by atoms with Gasteiger partial charge in [-0.3, -0.25) is 4.79 Å². The fourth-order valence-electron chi connectivity index (χ4n) is 4.01. The van der Waals surface area contributed by atoms with Crippen LogP contribution < -0.4 is 15.0 Å². The molecule has 2 aromatic heterocycles. The number of pyridine rings is 2. The maximum absolute atomic E-state index is 12.8. The average Bonchev–Trinajstić information content (AvgIpc) is 3.65. The molecule has 1 aliphatic heterocycles. The van der Waals surface area contributed by atoms with Crippen molar-refractivity contribution in [2.24, 2.45) is 0 Å². The monoisotopic (exact) mass is 497 g/mol. The number of carbonyl (C=O) groups excluding carboxylic acids is 1. The van der Waals surface area contributed by atoms with Gasteiger partial charge in [0.15, 0.2) is 16.1 Å². The summed E-state index contributed by atoms with van der Waals surface area (Å²) in [5, 5.41) is 22.0. The summed E-state index contributed by atoms with van der Waals surface area (Å²) in [5.74, 6) is -0.257. The lowest BCUT2D eigenvalue weighted by Gasteiger charge is -2.33. The van der Waals surface area contributed by atoms with E-state index in [9.17, 15) is 18.3 Å². The highest BCUT2D eigenvalue weighted by Crippen LogP contribution is 2.46. The molecular formula is C24H27N5O5S. The van der Waals surface area contributed by atoms with Gasteiger partial charge in [0.2, 0.25) is 5.88 Å². The number of fused-ring (bicyclic) bond motifs is 1. The number of hydrogen-bond donors (Lipinski definition) is 2. The third-order valence-electron chi connectivity index (χ3n) is 6.39. The maximum atomic E-state index is 12.8. The topological polar surface area (TPSA) is 146 Å². The largest absolute Gasteiger partial charge is 0.474 e. The van der Waals surface area contributed by atoms with Gasteiger partial charge in [-0.2, -0.15) is 5.26 Å². The minimum atomic E-state index is -3.34. The van der Waals surface area contributed by atoms with Gasteiger partial charge in [-0.1, -0.05) is 6.07 Å². The van der Waals surface area contributed by atoms with E-state index in [0.717, 1.165) is 0 Å². The number of likely N-dealkylation sites (N-methyl/N-ethyl adjacent to an activating group) is 1. The van der Waals surface area contributed by atoms with Crippen LogP contribution >= 0.6 is 0 Å². The zero-order valence-corrected chi connectivity index (χ0v) is 20.5. The molecule has 0 saturated heterocycles. The first-order valence-electron chi connectivity index (χ1n) is 11.2. The van der Waals surface area contributed by atoms with E-state index in [-0.39, 0.29) is 30.3 Å². The van der Waals surface area contributed by atoms with Crippen LogP contribution in [-0.4, -0.2) is 59.3 Å². The first kappa shape index (κ1) is 24.6. The molecule has 4 rings (SSSR count). The molecule has 1 amide bonds. The lowest BCUT2D eigenvalue weighted by Crippen LogP contribution is -2.42. The van der Waals surface area contributed by atoms with Crippen LogP contribution in [0.1, 0.15) is 43.5 Å². The summed E-state index contributed by atoms with van der Waals surface area (Å²) in [5.41, 5.74) is 2.22. The molecule has 1 saturated carbocycles. The van der Waals surface area contributed by atoms with Crippen molar-refractivity contribution >= 4 is 27.5 Å². The number of anilines is 1. The third kappa shape index (κ3) is 4.59. The first-order valence-corrected chi connectivity index (χ1v) is 12.8. The highest BCUT2D eigenvalue weighted by atomic mass is 32.2. The van der Waals surface area contributed by atoms with E-state index in [4.69, 9.17) is 10.00 Å². The minimum Gasteiger partial charge on any atom is -0.474 e. The molecule has 1 fully saturated rings. The Hall–Kier alpha value is -3.49. The summed E-state index contributed by atoms with van der Waals surface area (Å²) in [6.45, 7) is 3.49. The normalized spacial score (nSPS) is 18.3. The Morgan fingerprint density at radius 1 is 1.34 bits per heavy atom. The molecule has 35 heavy (non-hydrogen) atoms. The standard InChI is InChI=1S/C24H27N5O5S/c1-15(2)35(32,33)24(7-8-24)14-34-22-20-17(6-9-26-22)10-19(23(31)29(20)3)21(30)28-13-16-4-5-18(11-25)27-12-16/h4-6,9-10,12,15,23,31H,7-8,13-14H2,1-3H3,(H,28,30). The minimum absolute atomic E-state index is 0.0173. The Bertz CT molecular complexity index is 1310. The number of carbonyl (C=O) groups is 1. The molecule has 184 valence electrons. The SMILES string of the molecule is CC(C)S(=O)(=O)C1(COc2nccc3c2N(C)C(O)C(C(=O)NCc2ccc(C#N)nc2)=C3)CC1. The van der Waals surface area contributed by atoms with E-state index in [1.54, 1.807) is 45.2 Å². The Balaban J connectivity index is 1.52. The zero-order valence-electron chi connectivity index (χ0n) is 19.7. The molecular weight excluding hydrogens is 470 g/mol. The molecule has 1 atom stereocenters. The van der Waals surface area contributed by atoms with Gasteiger partial charge < -0.3 is 20.1 Å². The van der Waals surface area contributed by atoms with Gasteiger partial charge in [-0.25, -0.2) is 18.4 Å². The van der Waals surface area contributed by atoms with Gasteiger partial charge in [0.05, 0.1) is 10.8 Å². The summed E-state index contributed by atoms with van der Waals surface area (Å²) in [4.78, 5) is 22.6. The highest BCUT2D eigenvalue weighted by Gasteiger charge is 2.56. The Labute approximate surface area is 204 Å². The van der Waals surface area contributed by atoms with Gasteiger partial charge in [0.1, 0.15) is 28.8 Å². The third-order valence-corrected chi connectivity index (χ3v) is 9.36. The molecule has 10 nitrogen and oxygen atoms in total. The summed E-state index contributed by atoms with van der Waals surface area (Å²) < 4.78 is 30.5. The lowest BCUT2D eigenvalue weighted by molar-refractivity contribution is -0.118. The number of rotatable bonds is 8. The van der Waals surface area contributed by atoms with Crippen molar-refractivity contribution in [3.63, 3.8) is 0 Å². The quantitative estimate of drug-likeness (QED) is 0.555. The summed E-state index contributed by atoms with van der Waals surface area (Å²) >= 11 is 0. The Morgan fingerprint density at radius 3 is 2.69 bits per heavy atom. The molecule has 3 heterocycles.